The molecule has 0 atom stereocenters. The predicted molar refractivity (Wildman–Crippen MR) is 92.6 cm³/mol. The van der Waals surface area contributed by atoms with Crippen LogP contribution < -0.4 is 4.90 Å². The number of rotatable bonds is 4. The molecule has 3 heterocycles. The van der Waals surface area contributed by atoms with Crippen molar-refractivity contribution in [1.82, 2.24) is 14.9 Å². The third-order valence-corrected chi connectivity index (χ3v) is 5.08. The number of ether oxygens (including phenoxy) is 1. The van der Waals surface area contributed by atoms with Gasteiger partial charge in [0.15, 0.2) is 0 Å². The number of carboxylic acids is 1. The smallest absolute Gasteiger partial charge is 0.475 e. The Labute approximate surface area is 156 Å². The van der Waals surface area contributed by atoms with Crippen molar-refractivity contribution >= 4 is 11.9 Å². The van der Waals surface area contributed by atoms with Crippen LogP contribution in [0.2, 0.25) is 0 Å². The van der Waals surface area contributed by atoms with E-state index < -0.39 is 12.1 Å². The Morgan fingerprint density at radius 1 is 1.22 bits per heavy atom. The molecule has 1 spiro atoms. The summed E-state index contributed by atoms with van der Waals surface area (Å²) in [6.45, 7) is 5.26. The van der Waals surface area contributed by atoms with Gasteiger partial charge in [-0.05, 0) is 38.3 Å². The highest BCUT2D eigenvalue weighted by molar-refractivity contribution is 5.73. The maximum Gasteiger partial charge on any atom is 0.490 e. The van der Waals surface area contributed by atoms with Gasteiger partial charge in [-0.1, -0.05) is 0 Å². The van der Waals surface area contributed by atoms with Crippen molar-refractivity contribution in [3.63, 3.8) is 0 Å². The van der Waals surface area contributed by atoms with Crippen LogP contribution in [0.5, 0.6) is 0 Å². The highest BCUT2D eigenvalue weighted by Crippen LogP contribution is 2.38. The van der Waals surface area contributed by atoms with Crippen molar-refractivity contribution in [3.8, 4) is 0 Å². The van der Waals surface area contributed by atoms with E-state index in [4.69, 9.17) is 14.6 Å². The fraction of sp³-hybridized carbons (Fsp3) is 0.706. The van der Waals surface area contributed by atoms with Crippen molar-refractivity contribution in [2.24, 2.45) is 0 Å². The summed E-state index contributed by atoms with van der Waals surface area (Å²) >= 11 is 0. The fourth-order valence-corrected chi connectivity index (χ4v) is 3.69. The summed E-state index contributed by atoms with van der Waals surface area (Å²) in [5.74, 6) is -1.88. The van der Waals surface area contributed by atoms with Gasteiger partial charge in [0.25, 0.3) is 0 Å². The molecule has 2 fully saturated rings. The minimum Gasteiger partial charge on any atom is -0.475 e. The third kappa shape index (κ3) is 5.77. The quantitative estimate of drug-likeness (QED) is 0.844. The lowest BCUT2D eigenvalue weighted by Crippen LogP contribution is -2.53. The molecule has 1 aromatic rings. The van der Waals surface area contributed by atoms with Crippen LogP contribution in [0.4, 0.5) is 19.1 Å². The Hall–Kier alpha value is -1.94. The van der Waals surface area contributed by atoms with E-state index in [1.807, 2.05) is 18.5 Å². The number of piperidine rings is 1. The van der Waals surface area contributed by atoms with Gasteiger partial charge in [0, 0.05) is 44.7 Å². The SMILES string of the molecule is COCCN1CCCC12CCN(c1ncccn1)CC2.O=C(O)C(F)(F)F. The lowest BCUT2D eigenvalue weighted by atomic mass is 9.85. The van der Waals surface area contributed by atoms with Gasteiger partial charge in [0.05, 0.1) is 6.61 Å². The lowest BCUT2D eigenvalue weighted by molar-refractivity contribution is -0.192. The molecule has 10 heteroatoms. The Balaban J connectivity index is 0.000000321. The zero-order chi connectivity index (χ0) is 19.9. The van der Waals surface area contributed by atoms with Crippen molar-refractivity contribution < 1.29 is 27.8 Å². The van der Waals surface area contributed by atoms with Gasteiger partial charge in [0.2, 0.25) is 5.95 Å². The monoisotopic (exact) mass is 390 g/mol. The predicted octanol–water partition coefficient (Wildman–Crippen LogP) is 2.19. The second-order valence-corrected chi connectivity index (χ2v) is 6.65. The molecule has 0 saturated carbocycles. The Morgan fingerprint density at radius 2 is 1.81 bits per heavy atom. The summed E-state index contributed by atoms with van der Waals surface area (Å²) in [7, 11) is 1.79. The first-order chi connectivity index (χ1) is 12.8. The van der Waals surface area contributed by atoms with E-state index >= 15 is 0 Å². The topological polar surface area (TPSA) is 78.8 Å². The van der Waals surface area contributed by atoms with E-state index in [0.29, 0.717) is 5.54 Å². The number of halogens is 3. The summed E-state index contributed by atoms with van der Waals surface area (Å²) in [6, 6.07) is 1.87. The number of nitrogens with zero attached hydrogens (tertiary/aromatic N) is 4. The van der Waals surface area contributed by atoms with E-state index in [-0.39, 0.29) is 0 Å². The number of hydrogen-bond acceptors (Lipinski definition) is 6. The number of carbonyl (C=O) groups is 1. The molecule has 1 aromatic heterocycles. The molecule has 0 radical (unpaired) electrons. The Bertz CT molecular complexity index is 593. The van der Waals surface area contributed by atoms with Crippen LogP contribution >= 0.6 is 0 Å². The first kappa shape index (κ1) is 21.4. The molecular weight excluding hydrogens is 365 g/mol. The molecule has 0 amide bonds. The summed E-state index contributed by atoms with van der Waals surface area (Å²) in [6.07, 6.45) is 3.66. The number of alkyl halides is 3. The average Bonchev–Trinajstić information content (AvgIpc) is 3.03. The van der Waals surface area contributed by atoms with Crippen molar-refractivity contribution in [3.05, 3.63) is 18.5 Å². The number of anilines is 1. The minimum absolute atomic E-state index is 0.407. The largest absolute Gasteiger partial charge is 0.490 e. The third-order valence-electron chi connectivity index (χ3n) is 5.08. The first-order valence-corrected chi connectivity index (χ1v) is 8.84. The van der Waals surface area contributed by atoms with Crippen LogP contribution in [0.1, 0.15) is 25.7 Å². The molecule has 2 saturated heterocycles. The molecule has 0 unspecified atom stereocenters. The van der Waals surface area contributed by atoms with Crippen molar-refractivity contribution in [2.75, 3.05) is 44.8 Å². The number of aliphatic carboxylic acids is 1. The zero-order valence-electron chi connectivity index (χ0n) is 15.3. The van der Waals surface area contributed by atoms with Gasteiger partial charge in [-0.15, -0.1) is 0 Å². The number of aromatic nitrogens is 2. The van der Waals surface area contributed by atoms with Crippen LogP contribution in [0, 0.1) is 0 Å². The molecule has 27 heavy (non-hydrogen) atoms. The van der Waals surface area contributed by atoms with Crippen molar-refractivity contribution in [2.45, 2.75) is 37.4 Å². The molecule has 7 nitrogen and oxygen atoms in total. The highest BCUT2D eigenvalue weighted by Gasteiger charge is 2.43. The standard InChI is InChI=1S/C15H24N4O.C2HF3O2/c1-20-13-12-19-9-2-4-15(19)5-10-18(11-6-15)14-16-7-3-8-17-14;3-2(4,5)1(6)7/h3,7-8H,2,4-6,9-13H2,1H3;(H,6,7). The molecule has 1 N–H and O–H groups in total. The molecule has 0 aliphatic carbocycles. The van der Waals surface area contributed by atoms with E-state index in [0.717, 1.165) is 32.2 Å². The van der Waals surface area contributed by atoms with Gasteiger partial charge in [0.1, 0.15) is 0 Å². The molecular formula is C17H25F3N4O3. The van der Waals surface area contributed by atoms with E-state index in [1.165, 1.54) is 32.2 Å². The normalized spacial score (nSPS) is 19.6. The Kier molecular flexibility index (Phi) is 7.37. The summed E-state index contributed by atoms with van der Waals surface area (Å²) in [4.78, 5) is 22.6. The van der Waals surface area contributed by atoms with Gasteiger partial charge in [-0.2, -0.15) is 13.2 Å². The summed E-state index contributed by atoms with van der Waals surface area (Å²) in [5.41, 5.74) is 0.407. The molecule has 3 rings (SSSR count). The van der Waals surface area contributed by atoms with E-state index in [1.54, 1.807) is 7.11 Å². The fourth-order valence-electron chi connectivity index (χ4n) is 3.69. The van der Waals surface area contributed by atoms with Crippen LogP contribution in [-0.4, -0.2) is 77.6 Å². The number of hydrogen-bond donors (Lipinski definition) is 1. The zero-order valence-corrected chi connectivity index (χ0v) is 15.3. The van der Waals surface area contributed by atoms with Gasteiger partial charge >= 0.3 is 12.1 Å². The van der Waals surface area contributed by atoms with Crippen LogP contribution in [0.15, 0.2) is 18.5 Å². The summed E-state index contributed by atoms with van der Waals surface area (Å²) in [5, 5.41) is 7.12. The highest BCUT2D eigenvalue weighted by atomic mass is 19.4. The van der Waals surface area contributed by atoms with Gasteiger partial charge in [-0.3, -0.25) is 4.90 Å². The Morgan fingerprint density at radius 3 is 2.33 bits per heavy atom. The van der Waals surface area contributed by atoms with E-state index in [9.17, 15) is 13.2 Å². The molecule has 2 aliphatic rings. The molecule has 0 bridgehead atoms. The average molecular weight is 390 g/mol. The number of likely N-dealkylation sites (tertiary alicyclic amines) is 1. The van der Waals surface area contributed by atoms with E-state index in [2.05, 4.69) is 19.8 Å². The number of carboxylic acid groups (broad SMARTS) is 1. The van der Waals surface area contributed by atoms with Crippen molar-refractivity contribution in [1.29, 1.82) is 0 Å². The minimum atomic E-state index is -5.08. The van der Waals surface area contributed by atoms with Crippen LogP contribution in [0.25, 0.3) is 0 Å². The van der Waals surface area contributed by atoms with Crippen LogP contribution in [0.3, 0.4) is 0 Å². The maximum atomic E-state index is 10.6. The summed E-state index contributed by atoms with van der Waals surface area (Å²) < 4.78 is 37.0. The molecule has 2 aliphatic heterocycles. The van der Waals surface area contributed by atoms with Crippen LogP contribution in [-0.2, 0) is 9.53 Å². The second kappa shape index (κ2) is 9.32. The molecule has 152 valence electrons. The molecule has 0 aromatic carbocycles. The second-order valence-electron chi connectivity index (χ2n) is 6.65. The maximum absolute atomic E-state index is 10.6. The lowest BCUT2D eigenvalue weighted by Gasteiger charge is -2.45. The van der Waals surface area contributed by atoms with Gasteiger partial charge in [-0.25, -0.2) is 14.8 Å². The number of methoxy groups -OCH3 is 1. The first-order valence-electron chi connectivity index (χ1n) is 8.84. The van der Waals surface area contributed by atoms with Gasteiger partial charge < -0.3 is 14.7 Å².